The van der Waals surface area contributed by atoms with Crippen molar-refractivity contribution in [3.05, 3.63) is 34.4 Å². The third-order valence-electron chi connectivity index (χ3n) is 1.37. The molecule has 1 rings (SSSR count). The van der Waals surface area contributed by atoms with Crippen molar-refractivity contribution in [1.82, 2.24) is 0 Å². The van der Waals surface area contributed by atoms with Crippen molar-refractivity contribution in [2.75, 3.05) is 6.26 Å². The molecular formula is C7H6NO4S. The molecule has 1 aromatic carbocycles. The van der Waals surface area contributed by atoms with Gasteiger partial charge < -0.3 is 0 Å². The fraction of sp³-hybridized carbons (Fsp3) is 0.143. The van der Waals surface area contributed by atoms with Gasteiger partial charge in [-0.25, -0.2) is 8.42 Å². The molecule has 0 saturated carbocycles. The lowest BCUT2D eigenvalue weighted by atomic mass is 10.3. The molecule has 0 heterocycles. The molecule has 69 valence electrons. The van der Waals surface area contributed by atoms with Gasteiger partial charge in [-0.3, -0.25) is 10.1 Å². The number of nitro groups is 1. The van der Waals surface area contributed by atoms with E-state index >= 15 is 0 Å². The summed E-state index contributed by atoms with van der Waals surface area (Å²) in [5.41, 5.74) is -0.251. The lowest BCUT2D eigenvalue weighted by molar-refractivity contribution is -0.385. The molecule has 0 aliphatic carbocycles. The largest absolute Gasteiger partial charge is 0.270 e. The topological polar surface area (TPSA) is 77.3 Å². The Bertz CT molecular complexity index is 438. The minimum absolute atomic E-state index is 0.165. The first-order valence-corrected chi connectivity index (χ1v) is 5.16. The average molecular weight is 200 g/mol. The van der Waals surface area contributed by atoms with Crippen molar-refractivity contribution < 1.29 is 13.3 Å². The quantitative estimate of drug-likeness (QED) is 0.522. The maximum Gasteiger partial charge on any atom is 0.270 e. The van der Waals surface area contributed by atoms with Crippen molar-refractivity contribution in [1.29, 1.82) is 0 Å². The van der Waals surface area contributed by atoms with E-state index in [1.54, 1.807) is 0 Å². The number of non-ortho nitro benzene ring substituents is 1. The molecule has 0 unspecified atom stereocenters. The van der Waals surface area contributed by atoms with Crippen molar-refractivity contribution in [2.45, 2.75) is 4.90 Å². The van der Waals surface area contributed by atoms with Gasteiger partial charge in [0.1, 0.15) is 0 Å². The first-order valence-electron chi connectivity index (χ1n) is 3.27. The molecule has 5 nitrogen and oxygen atoms in total. The fourth-order valence-corrected chi connectivity index (χ4v) is 1.38. The van der Waals surface area contributed by atoms with Crippen LogP contribution in [0, 0.1) is 16.2 Å². The smallest absolute Gasteiger partial charge is 0.258 e. The van der Waals surface area contributed by atoms with E-state index in [-0.39, 0.29) is 10.6 Å². The number of benzene rings is 1. The Kier molecular flexibility index (Phi) is 2.33. The van der Waals surface area contributed by atoms with Gasteiger partial charge in [0.2, 0.25) is 0 Å². The number of rotatable bonds is 2. The van der Waals surface area contributed by atoms with E-state index in [1.807, 2.05) is 0 Å². The van der Waals surface area contributed by atoms with Crippen LogP contribution >= 0.6 is 0 Å². The zero-order valence-electron chi connectivity index (χ0n) is 6.72. The Morgan fingerprint density at radius 1 is 1.54 bits per heavy atom. The van der Waals surface area contributed by atoms with Crippen molar-refractivity contribution in [3.8, 4) is 0 Å². The monoisotopic (exact) mass is 200 g/mol. The summed E-state index contributed by atoms with van der Waals surface area (Å²) < 4.78 is 21.9. The van der Waals surface area contributed by atoms with Crippen LogP contribution in [-0.2, 0) is 9.84 Å². The highest BCUT2D eigenvalue weighted by Crippen LogP contribution is 2.16. The number of nitro benzene ring substituents is 1. The van der Waals surface area contributed by atoms with Crippen LogP contribution in [0.15, 0.2) is 23.1 Å². The number of nitrogens with zero attached hydrogens (tertiary/aromatic N) is 1. The van der Waals surface area contributed by atoms with Gasteiger partial charge in [-0.15, -0.1) is 0 Å². The predicted molar refractivity (Wildman–Crippen MR) is 45.0 cm³/mol. The Labute approximate surface area is 75.1 Å². The van der Waals surface area contributed by atoms with Gasteiger partial charge in [0.05, 0.1) is 9.82 Å². The van der Waals surface area contributed by atoms with Crippen LogP contribution in [0.25, 0.3) is 0 Å². The maximum absolute atomic E-state index is 11.0. The fourth-order valence-electron chi connectivity index (χ4n) is 0.761. The summed E-state index contributed by atoms with van der Waals surface area (Å²) in [5, 5.41) is 10.3. The van der Waals surface area contributed by atoms with Gasteiger partial charge in [0, 0.05) is 24.5 Å². The first kappa shape index (κ1) is 9.66. The van der Waals surface area contributed by atoms with Gasteiger partial charge >= 0.3 is 0 Å². The summed E-state index contributed by atoms with van der Waals surface area (Å²) in [7, 11) is -3.42. The van der Waals surface area contributed by atoms with Crippen LogP contribution in [0.3, 0.4) is 0 Å². The Morgan fingerprint density at radius 3 is 2.62 bits per heavy atom. The molecule has 0 aliphatic heterocycles. The molecule has 0 N–H and O–H groups in total. The zero-order valence-corrected chi connectivity index (χ0v) is 7.54. The van der Waals surface area contributed by atoms with E-state index < -0.39 is 14.8 Å². The van der Waals surface area contributed by atoms with Crippen LogP contribution in [0.5, 0.6) is 0 Å². The molecule has 0 atom stereocenters. The van der Waals surface area contributed by atoms with E-state index in [1.165, 1.54) is 12.1 Å². The van der Waals surface area contributed by atoms with Crippen LogP contribution in [0.2, 0.25) is 0 Å². The second kappa shape index (κ2) is 3.14. The molecule has 0 bridgehead atoms. The summed E-state index contributed by atoms with van der Waals surface area (Å²) in [6.45, 7) is 0. The van der Waals surface area contributed by atoms with Crippen molar-refractivity contribution in [2.24, 2.45) is 0 Å². The third kappa shape index (κ3) is 2.25. The molecule has 0 saturated heterocycles. The van der Waals surface area contributed by atoms with Crippen molar-refractivity contribution >= 4 is 15.5 Å². The normalized spacial score (nSPS) is 11.2. The maximum atomic E-state index is 11.0. The van der Waals surface area contributed by atoms with E-state index in [2.05, 4.69) is 6.07 Å². The molecule has 1 radical (unpaired) electrons. The van der Waals surface area contributed by atoms with E-state index in [4.69, 9.17) is 0 Å². The number of sulfone groups is 1. The lowest BCUT2D eigenvalue weighted by Gasteiger charge is -1.95. The molecule has 0 amide bonds. The minimum Gasteiger partial charge on any atom is -0.258 e. The average Bonchev–Trinajstić information content (AvgIpc) is 2.03. The molecular weight excluding hydrogens is 194 g/mol. The summed E-state index contributed by atoms with van der Waals surface area (Å²) >= 11 is 0. The Balaban J connectivity index is 3.29. The molecule has 13 heavy (non-hydrogen) atoms. The molecule has 0 spiro atoms. The number of hydrogen-bond acceptors (Lipinski definition) is 4. The Morgan fingerprint density at radius 2 is 2.15 bits per heavy atom. The summed E-state index contributed by atoms with van der Waals surface area (Å²) in [6.07, 6.45) is 0.975. The highest BCUT2D eigenvalue weighted by atomic mass is 32.2. The highest BCUT2D eigenvalue weighted by molar-refractivity contribution is 7.90. The number of hydrogen-bond donors (Lipinski definition) is 0. The van der Waals surface area contributed by atoms with Gasteiger partial charge in [-0.1, -0.05) is 0 Å². The summed E-state index contributed by atoms with van der Waals surface area (Å²) in [6, 6.07) is 5.80. The van der Waals surface area contributed by atoms with Crippen LogP contribution in [0.4, 0.5) is 5.69 Å². The second-order valence-electron chi connectivity index (χ2n) is 2.44. The van der Waals surface area contributed by atoms with E-state index in [0.717, 1.165) is 12.3 Å². The van der Waals surface area contributed by atoms with Crippen LogP contribution in [-0.4, -0.2) is 19.6 Å². The van der Waals surface area contributed by atoms with Gasteiger partial charge in [0.15, 0.2) is 9.84 Å². The molecule has 0 aliphatic rings. The van der Waals surface area contributed by atoms with E-state index in [0.29, 0.717) is 0 Å². The lowest BCUT2D eigenvalue weighted by Crippen LogP contribution is -1.98. The van der Waals surface area contributed by atoms with E-state index in [9.17, 15) is 18.5 Å². The predicted octanol–water partition coefficient (Wildman–Crippen LogP) is 0.798. The first-order chi connectivity index (χ1) is 5.91. The van der Waals surface area contributed by atoms with Gasteiger partial charge in [0.25, 0.3) is 5.69 Å². The molecule has 1 aromatic rings. The van der Waals surface area contributed by atoms with Crippen LogP contribution < -0.4 is 0 Å². The molecule has 0 fully saturated rings. The summed E-state index contributed by atoms with van der Waals surface area (Å²) in [4.78, 5) is 9.46. The standard InChI is InChI=1S/C7H6NO4S/c1-13(11,12)7-4-2-3-6(5-7)8(9)10/h2-3,5H,1H3. The van der Waals surface area contributed by atoms with Crippen LogP contribution in [0.1, 0.15) is 0 Å². The highest BCUT2D eigenvalue weighted by Gasteiger charge is 2.12. The SMILES string of the molecule is CS(=O)(=O)c1[c]ccc([N+](=O)[O-])c1. The third-order valence-corrected chi connectivity index (χ3v) is 2.40. The Hall–Kier alpha value is -1.43. The summed E-state index contributed by atoms with van der Waals surface area (Å²) in [5.74, 6) is 0. The minimum atomic E-state index is -3.42. The van der Waals surface area contributed by atoms with Gasteiger partial charge in [-0.05, 0) is 6.07 Å². The van der Waals surface area contributed by atoms with Gasteiger partial charge in [-0.2, -0.15) is 0 Å². The second-order valence-corrected chi connectivity index (χ2v) is 4.42. The molecule has 0 aromatic heterocycles. The molecule has 6 heteroatoms. The van der Waals surface area contributed by atoms with Crippen molar-refractivity contribution in [3.63, 3.8) is 0 Å². The zero-order chi connectivity index (χ0) is 10.1.